The maximum Gasteiger partial charge on any atom is 0.165 e. The summed E-state index contributed by atoms with van der Waals surface area (Å²) < 4.78 is 2.10. The monoisotopic (exact) mass is 362 g/mol. The molecule has 0 aliphatic carbocycles. The SMILES string of the molecule is Cc1cc(C)c(-c2c(C)nn3c4c(c(C)nc23)CCN4C(C)(C)C)c(C)c1. The minimum atomic E-state index is 0.0572. The Balaban J connectivity index is 2.08. The van der Waals surface area contributed by atoms with Gasteiger partial charge in [-0.1, -0.05) is 17.7 Å². The second-order valence-electron chi connectivity index (χ2n) is 9.04. The molecule has 0 spiro atoms. The van der Waals surface area contributed by atoms with Crippen molar-refractivity contribution < 1.29 is 0 Å². The molecule has 4 nitrogen and oxygen atoms in total. The van der Waals surface area contributed by atoms with E-state index in [0.29, 0.717) is 0 Å². The molecule has 4 rings (SSSR count). The normalized spacial score (nSPS) is 14.3. The molecule has 27 heavy (non-hydrogen) atoms. The van der Waals surface area contributed by atoms with Crippen molar-refractivity contribution in [2.24, 2.45) is 0 Å². The fourth-order valence-electron chi connectivity index (χ4n) is 4.70. The number of fused-ring (bicyclic) bond motifs is 3. The van der Waals surface area contributed by atoms with E-state index in [2.05, 4.69) is 76.9 Å². The summed E-state index contributed by atoms with van der Waals surface area (Å²) in [6, 6.07) is 4.51. The zero-order valence-electron chi connectivity index (χ0n) is 17.9. The van der Waals surface area contributed by atoms with Crippen LogP contribution >= 0.6 is 0 Å². The van der Waals surface area contributed by atoms with E-state index in [4.69, 9.17) is 10.1 Å². The standard InChI is InChI=1S/C23H30N4/c1-13-11-14(2)19(15(3)12-13)20-17(5)25-27-21(20)24-16(4)18-9-10-26(22(18)27)23(6,7)8/h11-12H,9-10H2,1-8H3. The molecule has 0 saturated carbocycles. The van der Waals surface area contributed by atoms with Crippen molar-refractivity contribution in [2.45, 2.75) is 67.3 Å². The highest BCUT2D eigenvalue weighted by atomic mass is 15.4. The van der Waals surface area contributed by atoms with Crippen LogP contribution in [0, 0.1) is 34.6 Å². The van der Waals surface area contributed by atoms with Crippen LogP contribution in [0.1, 0.15) is 54.4 Å². The molecule has 142 valence electrons. The van der Waals surface area contributed by atoms with Crippen LogP contribution in [0.25, 0.3) is 16.8 Å². The molecule has 0 unspecified atom stereocenters. The third kappa shape index (κ3) is 2.65. The number of hydrogen-bond donors (Lipinski definition) is 0. The second kappa shape index (κ2) is 5.82. The van der Waals surface area contributed by atoms with Crippen LogP contribution in [0.5, 0.6) is 0 Å². The highest BCUT2D eigenvalue weighted by Crippen LogP contribution is 2.39. The van der Waals surface area contributed by atoms with Crippen LogP contribution in [-0.4, -0.2) is 26.7 Å². The van der Waals surface area contributed by atoms with Crippen molar-refractivity contribution in [2.75, 3.05) is 11.4 Å². The van der Waals surface area contributed by atoms with Gasteiger partial charge in [-0.25, -0.2) is 4.98 Å². The van der Waals surface area contributed by atoms with Gasteiger partial charge in [0, 0.05) is 23.3 Å². The van der Waals surface area contributed by atoms with Gasteiger partial charge in [-0.2, -0.15) is 9.61 Å². The Labute approximate surface area is 162 Å². The number of hydrogen-bond acceptors (Lipinski definition) is 3. The summed E-state index contributed by atoms with van der Waals surface area (Å²) in [5.74, 6) is 1.22. The van der Waals surface area contributed by atoms with Gasteiger partial charge in [-0.05, 0) is 78.5 Å². The van der Waals surface area contributed by atoms with Crippen molar-refractivity contribution in [3.05, 3.63) is 45.8 Å². The van der Waals surface area contributed by atoms with Crippen LogP contribution in [0.2, 0.25) is 0 Å². The zero-order chi connectivity index (χ0) is 19.7. The summed E-state index contributed by atoms with van der Waals surface area (Å²) in [6.07, 6.45) is 1.04. The molecule has 4 heteroatoms. The number of aromatic nitrogens is 3. The van der Waals surface area contributed by atoms with E-state index in [1.807, 2.05) is 0 Å². The van der Waals surface area contributed by atoms with Crippen LogP contribution in [0.4, 0.5) is 5.82 Å². The van der Waals surface area contributed by atoms with Gasteiger partial charge in [0.1, 0.15) is 5.82 Å². The lowest BCUT2D eigenvalue weighted by atomic mass is 9.94. The van der Waals surface area contributed by atoms with Crippen LogP contribution < -0.4 is 4.90 Å². The lowest BCUT2D eigenvalue weighted by molar-refractivity contribution is 0.510. The number of benzene rings is 1. The number of anilines is 1. The first-order valence-corrected chi connectivity index (χ1v) is 9.84. The Morgan fingerprint density at radius 3 is 2.11 bits per heavy atom. The molecule has 0 amide bonds. The van der Waals surface area contributed by atoms with Gasteiger partial charge in [0.15, 0.2) is 5.65 Å². The summed E-state index contributed by atoms with van der Waals surface area (Å²) in [7, 11) is 0. The fraction of sp³-hybridized carbons (Fsp3) is 0.478. The maximum atomic E-state index is 5.04. The molecule has 0 fully saturated rings. The lowest BCUT2D eigenvalue weighted by Gasteiger charge is -2.34. The van der Waals surface area contributed by atoms with Gasteiger partial charge in [-0.3, -0.25) is 0 Å². The summed E-state index contributed by atoms with van der Waals surface area (Å²) in [5, 5.41) is 4.98. The predicted molar refractivity (Wildman–Crippen MR) is 113 cm³/mol. The number of nitrogens with zero attached hydrogens (tertiary/aromatic N) is 4. The quantitative estimate of drug-likeness (QED) is 0.604. The summed E-state index contributed by atoms with van der Waals surface area (Å²) in [6.45, 7) is 18.6. The molecule has 3 heterocycles. The summed E-state index contributed by atoms with van der Waals surface area (Å²) >= 11 is 0. The molecular formula is C23H30N4. The van der Waals surface area contributed by atoms with Crippen molar-refractivity contribution in [3.8, 4) is 11.1 Å². The molecule has 0 radical (unpaired) electrons. The van der Waals surface area contributed by atoms with Crippen LogP contribution in [0.15, 0.2) is 12.1 Å². The molecule has 1 aromatic carbocycles. The first-order valence-electron chi connectivity index (χ1n) is 9.84. The number of aryl methyl sites for hydroxylation is 5. The summed E-state index contributed by atoms with van der Waals surface area (Å²) in [4.78, 5) is 7.52. The maximum absolute atomic E-state index is 5.04. The minimum Gasteiger partial charge on any atom is -0.351 e. The molecule has 3 aromatic rings. The van der Waals surface area contributed by atoms with E-state index in [0.717, 1.165) is 30.0 Å². The third-order valence-electron chi connectivity index (χ3n) is 5.79. The van der Waals surface area contributed by atoms with Gasteiger partial charge in [0.25, 0.3) is 0 Å². The third-order valence-corrected chi connectivity index (χ3v) is 5.79. The van der Waals surface area contributed by atoms with Gasteiger partial charge in [-0.15, -0.1) is 0 Å². The highest BCUT2D eigenvalue weighted by molar-refractivity contribution is 5.85. The Bertz CT molecular complexity index is 1040. The Morgan fingerprint density at radius 1 is 0.889 bits per heavy atom. The molecule has 1 aliphatic rings. The molecule has 0 saturated heterocycles. The van der Waals surface area contributed by atoms with E-state index < -0.39 is 0 Å². The molecule has 2 aromatic heterocycles. The smallest absolute Gasteiger partial charge is 0.165 e. The molecule has 0 atom stereocenters. The Morgan fingerprint density at radius 2 is 1.52 bits per heavy atom. The zero-order valence-corrected chi connectivity index (χ0v) is 17.9. The van der Waals surface area contributed by atoms with Crippen molar-refractivity contribution >= 4 is 11.5 Å². The van der Waals surface area contributed by atoms with E-state index in [-0.39, 0.29) is 5.54 Å². The minimum absolute atomic E-state index is 0.0572. The lowest BCUT2D eigenvalue weighted by Crippen LogP contribution is -2.41. The predicted octanol–water partition coefficient (Wildman–Crippen LogP) is 5.10. The van der Waals surface area contributed by atoms with Gasteiger partial charge in [0.05, 0.1) is 11.3 Å². The molecule has 0 N–H and O–H groups in total. The Hall–Kier alpha value is -2.36. The number of rotatable bonds is 1. The van der Waals surface area contributed by atoms with Crippen molar-refractivity contribution in [1.29, 1.82) is 0 Å². The van der Waals surface area contributed by atoms with E-state index in [1.165, 1.54) is 39.2 Å². The van der Waals surface area contributed by atoms with E-state index >= 15 is 0 Å². The van der Waals surface area contributed by atoms with Gasteiger partial charge < -0.3 is 4.90 Å². The van der Waals surface area contributed by atoms with Crippen LogP contribution in [0.3, 0.4) is 0 Å². The average molecular weight is 363 g/mol. The topological polar surface area (TPSA) is 33.4 Å². The van der Waals surface area contributed by atoms with Crippen LogP contribution in [-0.2, 0) is 6.42 Å². The fourth-order valence-corrected chi connectivity index (χ4v) is 4.70. The summed E-state index contributed by atoms with van der Waals surface area (Å²) in [5.41, 5.74) is 10.9. The molecule has 1 aliphatic heterocycles. The van der Waals surface area contributed by atoms with E-state index in [9.17, 15) is 0 Å². The van der Waals surface area contributed by atoms with Gasteiger partial charge in [0.2, 0.25) is 0 Å². The largest absolute Gasteiger partial charge is 0.351 e. The molecule has 0 bridgehead atoms. The van der Waals surface area contributed by atoms with Crippen molar-refractivity contribution in [3.63, 3.8) is 0 Å². The molecular weight excluding hydrogens is 332 g/mol. The average Bonchev–Trinajstić information content (AvgIpc) is 3.10. The first kappa shape index (κ1) is 18.0. The van der Waals surface area contributed by atoms with E-state index in [1.54, 1.807) is 0 Å². The Kier molecular flexibility index (Phi) is 3.88. The highest BCUT2D eigenvalue weighted by Gasteiger charge is 2.34. The second-order valence-corrected chi connectivity index (χ2v) is 9.04. The first-order chi connectivity index (χ1) is 12.6. The van der Waals surface area contributed by atoms with Crippen molar-refractivity contribution in [1.82, 2.24) is 14.6 Å². The van der Waals surface area contributed by atoms with Gasteiger partial charge >= 0.3 is 0 Å².